The maximum atomic E-state index is 9.79. The third-order valence-corrected chi connectivity index (χ3v) is 1.97. The van der Waals surface area contributed by atoms with Crippen LogP contribution < -0.4 is 0 Å². The van der Waals surface area contributed by atoms with Crippen molar-refractivity contribution in [3.63, 3.8) is 0 Å². The van der Waals surface area contributed by atoms with Crippen molar-refractivity contribution in [3.05, 3.63) is 12.2 Å². The lowest BCUT2D eigenvalue weighted by Gasteiger charge is -2.18. The number of aliphatic hydroxyl groups is 1. The van der Waals surface area contributed by atoms with E-state index in [9.17, 15) is 5.11 Å². The van der Waals surface area contributed by atoms with Gasteiger partial charge in [0.05, 0.1) is 5.60 Å². The van der Waals surface area contributed by atoms with Crippen molar-refractivity contribution < 1.29 is 5.11 Å². The zero-order valence-corrected chi connectivity index (χ0v) is 8.64. The molecule has 0 saturated heterocycles. The molecular weight excluding hydrogens is 148 g/mol. The molecule has 1 nitrogen and oxygen atoms in total. The van der Waals surface area contributed by atoms with Gasteiger partial charge in [-0.3, -0.25) is 0 Å². The van der Waals surface area contributed by atoms with Gasteiger partial charge in [-0.25, -0.2) is 0 Å². The van der Waals surface area contributed by atoms with Crippen LogP contribution in [0.5, 0.6) is 0 Å². The molecule has 0 aromatic heterocycles. The highest BCUT2D eigenvalue weighted by atomic mass is 16.3. The van der Waals surface area contributed by atoms with E-state index in [1.807, 2.05) is 13.0 Å². The maximum absolute atomic E-state index is 9.79. The topological polar surface area (TPSA) is 20.2 Å². The van der Waals surface area contributed by atoms with E-state index >= 15 is 0 Å². The summed E-state index contributed by atoms with van der Waals surface area (Å²) in [4.78, 5) is 0. The Bertz CT molecular complexity index is 125. The first-order valence-electron chi connectivity index (χ1n) is 5.02. The average molecular weight is 170 g/mol. The fraction of sp³-hybridized carbons (Fsp3) is 0.818. The molecule has 12 heavy (non-hydrogen) atoms. The highest BCUT2D eigenvalue weighted by Crippen LogP contribution is 2.15. The van der Waals surface area contributed by atoms with Crippen LogP contribution in [0.3, 0.4) is 0 Å². The Kier molecular flexibility index (Phi) is 6.09. The van der Waals surface area contributed by atoms with Crippen LogP contribution >= 0.6 is 0 Å². The van der Waals surface area contributed by atoms with Gasteiger partial charge in [0.15, 0.2) is 0 Å². The van der Waals surface area contributed by atoms with E-state index in [0.29, 0.717) is 0 Å². The van der Waals surface area contributed by atoms with Gasteiger partial charge in [-0.05, 0) is 19.8 Å². The van der Waals surface area contributed by atoms with Crippen LogP contribution in [0, 0.1) is 0 Å². The first-order valence-corrected chi connectivity index (χ1v) is 5.02. The highest BCUT2D eigenvalue weighted by molar-refractivity contribution is 4.97. The van der Waals surface area contributed by atoms with Crippen molar-refractivity contribution in [3.8, 4) is 0 Å². The molecule has 0 aliphatic carbocycles. The molecule has 72 valence electrons. The van der Waals surface area contributed by atoms with Crippen LogP contribution in [-0.2, 0) is 0 Å². The van der Waals surface area contributed by atoms with Gasteiger partial charge in [0.25, 0.3) is 0 Å². The fourth-order valence-electron chi connectivity index (χ4n) is 1.12. The molecule has 0 aliphatic rings. The van der Waals surface area contributed by atoms with Gasteiger partial charge in [-0.1, -0.05) is 45.3 Å². The summed E-state index contributed by atoms with van der Waals surface area (Å²) in [5.41, 5.74) is -0.578. The number of rotatable bonds is 6. The lowest BCUT2D eigenvalue weighted by Crippen LogP contribution is -2.20. The van der Waals surface area contributed by atoms with E-state index in [1.54, 1.807) is 0 Å². The molecular formula is C11H22O. The minimum atomic E-state index is -0.578. The molecule has 1 heteroatoms. The highest BCUT2D eigenvalue weighted by Gasteiger charge is 2.13. The van der Waals surface area contributed by atoms with E-state index in [0.717, 1.165) is 32.1 Å². The zero-order chi connectivity index (χ0) is 9.45. The average Bonchev–Trinajstić information content (AvgIpc) is 2.01. The summed E-state index contributed by atoms with van der Waals surface area (Å²) in [5.74, 6) is 0. The summed E-state index contributed by atoms with van der Waals surface area (Å²) < 4.78 is 0. The molecule has 1 N–H and O–H groups in total. The minimum absolute atomic E-state index is 0.578. The van der Waals surface area contributed by atoms with E-state index in [1.165, 1.54) is 0 Å². The second-order valence-corrected chi connectivity index (χ2v) is 3.65. The summed E-state index contributed by atoms with van der Waals surface area (Å²) in [6.07, 6.45) is 9.37. The third-order valence-electron chi connectivity index (χ3n) is 1.97. The van der Waals surface area contributed by atoms with Crippen molar-refractivity contribution >= 4 is 0 Å². The lowest BCUT2D eigenvalue weighted by molar-refractivity contribution is 0.0988. The molecule has 0 aliphatic heterocycles. The Labute approximate surface area is 76.5 Å². The quantitative estimate of drug-likeness (QED) is 0.606. The minimum Gasteiger partial charge on any atom is -0.386 e. The van der Waals surface area contributed by atoms with Crippen LogP contribution in [0.15, 0.2) is 12.2 Å². The Morgan fingerprint density at radius 2 is 1.92 bits per heavy atom. The van der Waals surface area contributed by atoms with Crippen LogP contribution in [-0.4, -0.2) is 10.7 Å². The third kappa shape index (κ3) is 6.41. The zero-order valence-electron chi connectivity index (χ0n) is 8.64. The fourth-order valence-corrected chi connectivity index (χ4v) is 1.12. The summed E-state index contributed by atoms with van der Waals surface area (Å²) in [6.45, 7) is 6.17. The largest absolute Gasteiger partial charge is 0.386 e. The normalized spacial score (nSPS) is 16.7. The van der Waals surface area contributed by atoms with Crippen molar-refractivity contribution in [2.75, 3.05) is 0 Å². The molecule has 0 bridgehead atoms. The standard InChI is InChI=1S/C11H22O/c1-4-6-8-10-11(3,12)9-7-5-2/h8,10,12H,4-7,9H2,1-3H3/b10-8+. The Balaban J connectivity index is 3.69. The first kappa shape index (κ1) is 11.7. The van der Waals surface area contributed by atoms with E-state index < -0.39 is 5.60 Å². The smallest absolute Gasteiger partial charge is 0.0799 e. The summed E-state index contributed by atoms with van der Waals surface area (Å²) in [7, 11) is 0. The van der Waals surface area contributed by atoms with Crippen LogP contribution in [0.2, 0.25) is 0 Å². The molecule has 1 unspecified atom stereocenters. The van der Waals surface area contributed by atoms with Gasteiger partial charge in [0.1, 0.15) is 0 Å². The Hall–Kier alpha value is -0.300. The SMILES string of the molecule is CCC/C=C/C(C)(O)CCCC. The summed E-state index contributed by atoms with van der Waals surface area (Å²) in [6, 6.07) is 0. The van der Waals surface area contributed by atoms with Crippen LogP contribution in [0.1, 0.15) is 52.9 Å². The van der Waals surface area contributed by atoms with Gasteiger partial charge < -0.3 is 5.11 Å². The van der Waals surface area contributed by atoms with E-state index in [4.69, 9.17) is 0 Å². The summed E-state index contributed by atoms with van der Waals surface area (Å²) in [5, 5.41) is 9.79. The Morgan fingerprint density at radius 1 is 1.25 bits per heavy atom. The first-order chi connectivity index (χ1) is 5.62. The number of hydrogen-bond donors (Lipinski definition) is 1. The van der Waals surface area contributed by atoms with E-state index in [-0.39, 0.29) is 0 Å². The van der Waals surface area contributed by atoms with Crippen molar-refractivity contribution in [1.29, 1.82) is 0 Å². The second kappa shape index (κ2) is 6.24. The van der Waals surface area contributed by atoms with E-state index in [2.05, 4.69) is 19.9 Å². The number of hydrogen-bond acceptors (Lipinski definition) is 1. The van der Waals surface area contributed by atoms with Crippen LogP contribution in [0.4, 0.5) is 0 Å². The molecule has 0 aromatic carbocycles. The number of allylic oxidation sites excluding steroid dienone is 1. The molecule has 0 aromatic rings. The molecule has 0 saturated carbocycles. The molecule has 0 fully saturated rings. The summed E-state index contributed by atoms with van der Waals surface area (Å²) >= 11 is 0. The number of unbranched alkanes of at least 4 members (excludes halogenated alkanes) is 2. The molecule has 0 rings (SSSR count). The Morgan fingerprint density at radius 3 is 2.42 bits per heavy atom. The predicted octanol–water partition coefficient (Wildman–Crippen LogP) is 3.28. The van der Waals surface area contributed by atoms with Crippen molar-refractivity contribution in [2.45, 2.75) is 58.5 Å². The molecule has 0 amide bonds. The molecule has 0 radical (unpaired) electrons. The lowest BCUT2D eigenvalue weighted by atomic mass is 9.98. The van der Waals surface area contributed by atoms with Crippen LogP contribution in [0.25, 0.3) is 0 Å². The van der Waals surface area contributed by atoms with Crippen molar-refractivity contribution in [1.82, 2.24) is 0 Å². The molecule has 0 heterocycles. The van der Waals surface area contributed by atoms with Gasteiger partial charge in [0, 0.05) is 0 Å². The van der Waals surface area contributed by atoms with Gasteiger partial charge in [0.2, 0.25) is 0 Å². The van der Waals surface area contributed by atoms with Gasteiger partial charge in [-0.2, -0.15) is 0 Å². The second-order valence-electron chi connectivity index (χ2n) is 3.65. The van der Waals surface area contributed by atoms with Crippen molar-refractivity contribution in [2.24, 2.45) is 0 Å². The monoisotopic (exact) mass is 170 g/mol. The van der Waals surface area contributed by atoms with Gasteiger partial charge >= 0.3 is 0 Å². The maximum Gasteiger partial charge on any atom is 0.0799 e. The van der Waals surface area contributed by atoms with Gasteiger partial charge in [-0.15, -0.1) is 0 Å². The molecule has 1 atom stereocenters. The predicted molar refractivity (Wildman–Crippen MR) is 54.2 cm³/mol. The molecule has 0 spiro atoms.